The number of piperazine rings is 1. The molecule has 1 aliphatic carbocycles. The lowest BCUT2D eigenvalue weighted by Crippen LogP contribution is -2.55. The van der Waals surface area contributed by atoms with Crippen LogP contribution in [0.15, 0.2) is 29.2 Å². The lowest BCUT2D eigenvalue weighted by atomic mass is 10.2. The third-order valence-corrected chi connectivity index (χ3v) is 6.90. The Morgan fingerprint density at radius 2 is 1.81 bits per heavy atom. The minimum absolute atomic E-state index is 0.0120. The standard InChI is InChI=1S/C18H25N3O4S/c1-13(18(23)19-16-6-7-16)20-8-10-21(11-9-20)26(24,25)17-5-3-4-15(12-17)14(2)22/h3-5,12-13,16H,6-11H2,1-2H3,(H,19,23). The molecule has 0 radical (unpaired) electrons. The second-order valence-corrected chi connectivity index (χ2v) is 8.92. The van der Waals surface area contributed by atoms with E-state index < -0.39 is 10.0 Å². The molecule has 1 amide bonds. The van der Waals surface area contributed by atoms with E-state index in [0.717, 1.165) is 12.8 Å². The van der Waals surface area contributed by atoms with E-state index in [-0.39, 0.29) is 22.6 Å². The largest absolute Gasteiger partial charge is 0.352 e. The zero-order valence-electron chi connectivity index (χ0n) is 15.1. The van der Waals surface area contributed by atoms with Crippen molar-refractivity contribution in [2.24, 2.45) is 0 Å². The van der Waals surface area contributed by atoms with Crippen LogP contribution in [0.1, 0.15) is 37.0 Å². The number of carbonyl (C=O) groups excluding carboxylic acids is 2. The molecule has 7 nitrogen and oxygen atoms in total. The van der Waals surface area contributed by atoms with Crippen LogP contribution in [0.5, 0.6) is 0 Å². The van der Waals surface area contributed by atoms with E-state index in [0.29, 0.717) is 37.8 Å². The van der Waals surface area contributed by atoms with Crippen molar-refractivity contribution >= 4 is 21.7 Å². The fourth-order valence-corrected chi connectivity index (χ4v) is 4.54. The third kappa shape index (κ3) is 4.13. The predicted molar refractivity (Wildman–Crippen MR) is 97.4 cm³/mol. The van der Waals surface area contributed by atoms with Gasteiger partial charge in [0.05, 0.1) is 10.9 Å². The van der Waals surface area contributed by atoms with Crippen LogP contribution in [-0.2, 0) is 14.8 Å². The van der Waals surface area contributed by atoms with Crippen molar-refractivity contribution in [2.75, 3.05) is 26.2 Å². The van der Waals surface area contributed by atoms with Gasteiger partial charge in [-0.3, -0.25) is 14.5 Å². The Morgan fingerprint density at radius 1 is 1.15 bits per heavy atom. The van der Waals surface area contributed by atoms with Crippen molar-refractivity contribution in [3.8, 4) is 0 Å². The highest BCUT2D eigenvalue weighted by Gasteiger charge is 2.33. The first-order valence-electron chi connectivity index (χ1n) is 8.94. The van der Waals surface area contributed by atoms with Crippen LogP contribution in [0, 0.1) is 0 Å². The van der Waals surface area contributed by atoms with Crippen LogP contribution in [0.3, 0.4) is 0 Å². The van der Waals surface area contributed by atoms with E-state index in [1.165, 1.54) is 23.4 Å². The van der Waals surface area contributed by atoms with Crippen LogP contribution in [0.2, 0.25) is 0 Å². The number of Topliss-reactive ketones (excluding diaryl/α,β-unsaturated/α-hetero) is 1. The van der Waals surface area contributed by atoms with Gasteiger partial charge in [-0.1, -0.05) is 12.1 Å². The number of amides is 1. The maximum absolute atomic E-state index is 12.8. The zero-order chi connectivity index (χ0) is 18.9. The van der Waals surface area contributed by atoms with E-state index in [4.69, 9.17) is 0 Å². The molecule has 2 aliphatic rings. The third-order valence-electron chi connectivity index (χ3n) is 5.00. The Kier molecular flexibility index (Phi) is 5.45. The van der Waals surface area contributed by atoms with Crippen LogP contribution in [0.4, 0.5) is 0 Å². The Balaban J connectivity index is 1.64. The van der Waals surface area contributed by atoms with Gasteiger partial charge in [0.1, 0.15) is 0 Å². The molecule has 1 aliphatic heterocycles. The molecule has 0 bridgehead atoms. The minimum Gasteiger partial charge on any atom is -0.352 e. The summed E-state index contributed by atoms with van der Waals surface area (Å²) in [6, 6.07) is 6.20. The van der Waals surface area contributed by atoms with Crippen molar-refractivity contribution in [3.63, 3.8) is 0 Å². The number of hydrogen-bond acceptors (Lipinski definition) is 5. The van der Waals surface area contributed by atoms with Crippen molar-refractivity contribution in [1.29, 1.82) is 0 Å². The van der Waals surface area contributed by atoms with Gasteiger partial charge in [-0.05, 0) is 38.8 Å². The fourth-order valence-electron chi connectivity index (χ4n) is 3.07. The van der Waals surface area contributed by atoms with Gasteiger partial charge in [0.25, 0.3) is 0 Å². The van der Waals surface area contributed by atoms with Gasteiger partial charge in [-0.25, -0.2) is 8.42 Å². The van der Waals surface area contributed by atoms with Gasteiger partial charge in [0.15, 0.2) is 5.78 Å². The van der Waals surface area contributed by atoms with Crippen LogP contribution < -0.4 is 5.32 Å². The summed E-state index contributed by atoms with van der Waals surface area (Å²) in [5.74, 6) is -0.152. The van der Waals surface area contributed by atoms with E-state index in [1.807, 2.05) is 11.8 Å². The summed E-state index contributed by atoms with van der Waals surface area (Å²) in [7, 11) is -3.64. The highest BCUT2D eigenvalue weighted by atomic mass is 32.2. The second kappa shape index (κ2) is 7.46. The Labute approximate surface area is 154 Å². The highest BCUT2D eigenvalue weighted by molar-refractivity contribution is 7.89. The van der Waals surface area contributed by atoms with E-state index >= 15 is 0 Å². The average molecular weight is 379 g/mol. The molecule has 1 saturated heterocycles. The van der Waals surface area contributed by atoms with Gasteiger partial charge in [0, 0.05) is 37.8 Å². The van der Waals surface area contributed by atoms with Crippen molar-refractivity contribution in [2.45, 2.75) is 43.7 Å². The summed E-state index contributed by atoms with van der Waals surface area (Å²) in [4.78, 5) is 25.8. The highest BCUT2D eigenvalue weighted by Crippen LogP contribution is 2.21. The lowest BCUT2D eigenvalue weighted by Gasteiger charge is -2.36. The molecule has 1 aromatic carbocycles. The molecule has 2 fully saturated rings. The SMILES string of the molecule is CC(=O)c1cccc(S(=O)(=O)N2CCN(C(C)C(=O)NC3CC3)CC2)c1. The summed E-state index contributed by atoms with van der Waals surface area (Å²) in [5.41, 5.74) is 0.384. The molecule has 1 heterocycles. The van der Waals surface area contributed by atoms with Gasteiger partial charge < -0.3 is 5.32 Å². The molecule has 1 unspecified atom stereocenters. The molecule has 8 heteroatoms. The van der Waals surface area contributed by atoms with Crippen molar-refractivity contribution < 1.29 is 18.0 Å². The number of ketones is 1. The average Bonchev–Trinajstić information content (AvgIpc) is 3.45. The monoisotopic (exact) mass is 379 g/mol. The molecular weight excluding hydrogens is 354 g/mol. The van der Waals surface area contributed by atoms with Crippen molar-refractivity contribution in [1.82, 2.24) is 14.5 Å². The van der Waals surface area contributed by atoms with E-state index in [2.05, 4.69) is 5.32 Å². The number of carbonyl (C=O) groups is 2. The molecule has 0 aromatic heterocycles. The number of nitrogens with zero attached hydrogens (tertiary/aromatic N) is 2. The zero-order valence-corrected chi connectivity index (χ0v) is 16.0. The quantitative estimate of drug-likeness (QED) is 0.741. The molecular formula is C18H25N3O4S. The minimum atomic E-state index is -3.64. The first-order chi connectivity index (χ1) is 12.3. The van der Waals surface area contributed by atoms with Crippen molar-refractivity contribution in [3.05, 3.63) is 29.8 Å². The molecule has 1 saturated carbocycles. The Bertz CT molecular complexity index is 796. The number of nitrogens with one attached hydrogen (secondary N) is 1. The molecule has 1 atom stereocenters. The lowest BCUT2D eigenvalue weighted by molar-refractivity contribution is -0.126. The first-order valence-corrected chi connectivity index (χ1v) is 10.4. The smallest absolute Gasteiger partial charge is 0.243 e. The molecule has 1 N–H and O–H groups in total. The number of benzene rings is 1. The summed E-state index contributed by atoms with van der Waals surface area (Å²) in [6.07, 6.45) is 2.09. The number of rotatable bonds is 6. The van der Waals surface area contributed by atoms with Crippen LogP contribution in [0.25, 0.3) is 0 Å². The summed E-state index contributed by atoms with van der Waals surface area (Å²) >= 11 is 0. The normalized spacial score (nSPS) is 20.5. The van der Waals surface area contributed by atoms with E-state index in [9.17, 15) is 18.0 Å². The maximum Gasteiger partial charge on any atom is 0.243 e. The molecule has 0 spiro atoms. The molecule has 26 heavy (non-hydrogen) atoms. The van der Waals surface area contributed by atoms with Gasteiger partial charge in [-0.2, -0.15) is 4.31 Å². The predicted octanol–water partition coefficient (Wildman–Crippen LogP) is 0.863. The molecule has 142 valence electrons. The topological polar surface area (TPSA) is 86.8 Å². The summed E-state index contributed by atoms with van der Waals surface area (Å²) < 4.78 is 27.1. The van der Waals surface area contributed by atoms with Crippen LogP contribution >= 0.6 is 0 Å². The first kappa shape index (κ1) is 19.0. The van der Waals surface area contributed by atoms with Crippen LogP contribution in [-0.4, -0.2) is 67.6 Å². The van der Waals surface area contributed by atoms with Gasteiger partial charge in [0.2, 0.25) is 15.9 Å². The van der Waals surface area contributed by atoms with Gasteiger partial charge >= 0.3 is 0 Å². The summed E-state index contributed by atoms with van der Waals surface area (Å²) in [6.45, 7) is 4.94. The molecule has 1 aromatic rings. The summed E-state index contributed by atoms with van der Waals surface area (Å²) in [5, 5.41) is 2.99. The Hall–Kier alpha value is -1.77. The second-order valence-electron chi connectivity index (χ2n) is 6.98. The maximum atomic E-state index is 12.8. The molecule has 3 rings (SSSR count). The van der Waals surface area contributed by atoms with Gasteiger partial charge in [-0.15, -0.1) is 0 Å². The van der Waals surface area contributed by atoms with E-state index in [1.54, 1.807) is 12.1 Å². The Morgan fingerprint density at radius 3 is 2.38 bits per heavy atom. The fraction of sp³-hybridized carbons (Fsp3) is 0.556. The number of hydrogen-bond donors (Lipinski definition) is 1. The number of sulfonamides is 1.